The maximum Gasteiger partial charge on any atom is 0.302 e. The van der Waals surface area contributed by atoms with Crippen molar-refractivity contribution in [1.29, 1.82) is 0 Å². The highest BCUT2D eigenvalue weighted by Gasteiger charge is 2.49. The molecule has 65 heavy (non-hydrogen) atoms. The number of amides is 1. The minimum atomic E-state index is -1.92. The molecule has 0 radical (unpaired) electrons. The molecule has 4 bridgehead atoms. The topological polar surface area (TPSA) is 243 Å². The third kappa shape index (κ3) is 8.48. The number of aromatic nitrogens is 1. The first-order valence-corrected chi connectivity index (χ1v) is 21.9. The Bertz CT molecular complexity index is 2670. The third-order valence-corrected chi connectivity index (χ3v) is 13.3. The van der Waals surface area contributed by atoms with E-state index in [-0.39, 0.29) is 72.9 Å². The number of ether oxygens (including phenoxy) is 4. The van der Waals surface area contributed by atoms with Crippen LogP contribution in [0, 0.1) is 30.6 Å². The van der Waals surface area contributed by atoms with Gasteiger partial charge in [-0.1, -0.05) is 51.1 Å². The quantitative estimate of drug-likeness (QED) is 0.0415. The average Bonchev–Trinajstić information content (AvgIpc) is 3.59. The number of hydrogen-bond donors (Lipinski definition) is 6. The summed E-state index contributed by atoms with van der Waals surface area (Å²) in [4.78, 5) is 48.3. The van der Waals surface area contributed by atoms with Gasteiger partial charge in [0.15, 0.2) is 17.1 Å². The fourth-order valence-corrected chi connectivity index (χ4v) is 9.36. The van der Waals surface area contributed by atoms with E-state index in [0.717, 1.165) is 32.4 Å². The molecule has 348 valence electrons. The number of phenols is 2. The van der Waals surface area contributed by atoms with E-state index in [1.54, 1.807) is 52.0 Å². The Kier molecular flexibility index (Phi) is 13.2. The number of phenolic OH excluding ortho intramolecular Hbond substituents is 2. The van der Waals surface area contributed by atoms with Gasteiger partial charge in [-0.25, -0.2) is 4.98 Å². The van der Waals surface area contributed by atoms with E-state index in [9.17, 15) is 40.0 Å². The SMILES string of the molecule is CO[C@H]1/C=C/O[C@@]2(C)Oc3c(C)c(O)c4c(=O)c(c5oc6cc(N7CCCCC7)cc(O)c6nc-5c4c3/C2=N/O)NC(=O)/C(C)=C\C=C\[C@H](C)[C@H](O)[C@@H](C)[C@@H](O)[C@@H](C)[C@H](OC(C)=O)[C@@H]1C. The number of benzene rings is 3. The van der Waals surface area contributed by atoms with Crippen LogP contribution in [0.3, 0.4) is 0 Å². The number of esters is 1. The van der Waals surface area contributed by atoms with E-state index < -0.39 is 76.9 Å². The lowest BCUT2D eigenvalue weighted by atomic mass is 9.78. The molecule has 1 amide bonds. The second kappa shape index (κ2) is 18.4. The number of fused-ring (bicyclic) bond motifs is 2. The Morgan fingerprint density at radius 2 is 1.69 bits per heavy atom. The second-order valence-corrected chi connectivity index (χ2v) is 17.7. The standard InChI is InChI=1S/C48H58N4O13/c1-22-14-13-15-23(2)47(59)50-38-42(58)34-33(37-45(38)64-32-21-29(20-30(54)36(32)49-37)52-17-11-10-12-18-52)35-44(27(6)41(34)57)65-48(8,46(35)51-60)62-19-16-31(61-9)24(3)43(63-28(7)53)26(5)40(56)25(4)39(22)55/h13-16,19-22,24-26,31,39-40,43,54-57,60H,10-12,17-18H2,1-9H3,(H,50,59)/b14-13+,19-16+,23-15-,51-46-/t22-,24+,25+,26+,31-,39-,40+,43+,48-/m0/s1. The monoisotopic (exact) mass is 898 g/mol. The van der Waals surface area contributed by atoms with Crippen molar-refractivity contribution in [3.05, 3.63) is 69.6 Å². The van der Waals surface area contributed by atoms with Gasteiger partial charge in [0, 0.05) is 92.1 Å². The van der Waals surface area contributed by atoms with Crippen LogP contribution in [-0.2, 0) is 23.8 Å². The summed E-state index contributed by atoms with van der Waals surface area (Å²) in [6.45, 7) is 14.2. The molecule has 1 fully saturated rings. The molecule has 0 spiro atoms. The highest BCUT2D eigenvalue weighted by molar-refractivity contribution is 6.24. The summed E-state index contributed by atoms with van der Waals surface area (Å²) in [6.07, 6.45) is 6.60. The van der Waals surface area contributed by atoms with Crippen molar-refractivity contribution in [2.24, 2.45) is 28.8 Å². The molecule has 1 aliphatic carbocycles. The van der Waals surface area contributed by atoms with Crippen molar-refractivity contribution in [1.82, 2.24) is 4.98 Å². The number of rotatable bonds is 3. The zero-order valence-corrected chi connectivity index (χ0v) is 38.0. The fraction of sp³-hybridized carbons (Fsp3) is 0.479. The molecule has 17 heteroatoms. The van der Waals surface area contributed by atoms with Gasteiger partial charge < -0.3 is 59.2 Å². The Balaban J connectivity index is 1.47. The summed E-state index contributed by atoms with van der Waals surface area (Å²) in [5, 5.41) is 63.1. The number of carbonyl (C=O) groups is 2. The average molecular weight is 899 g/mol. The number of oxime groups is 1. The van der Waals surface area contributed by atoms with Gasteiger partial charge in [-0.3, -0.25) is 14.4 Å². The Labute approximate surface area is 376 Å². The number of piperidine rings is 1. The molecule has 0 aromatic heterocycles. The summed E-state index contributed by atoms with van der Waals surface area (Å²) >= 11 is 0. The fourth-order valence-electron chi connectivity index (χ4n) is 9.36. The van der Waals surface area contributed by atoms with Crippen LogP contribution in [-0.4, -0.2) is 98.6 Å². The van der Waals surface area contributed by atoms with Crippen LogP contribution >= 0.6 is 0 Å². The van der Waals surface area contributed by atoms with E-state index in [0.29, 0.717) is 5.69 Å². The van der Waals surface area contributed by atoms with Crippen LogP contribution in [0.25, 0.3) is 33.3 Å². The van der Waals surface area contributed by atoms with Crippen molar-refractivity contribution >= 4 is 50.8 Å². The molecule has 4 heterocycles. The molecule has 9 atom stereocenters. The predicted octanol–water partition coefficient (Wildman–Crippen LogP) is 6.64. The van der Waals surface area contributed by atoms with Gasteiger partial charge in [-0.05, 0) is 39.2 Å². The number of carbonyl (C=O) groups excluding carboxylic acids is 2. The minimum Gasteiger partial charge on any atom is -0.507 e. The van der Waals surface area contributed by atoms with E-state index in [2.05, 4.69) is 15.4 Å². The van der Waals surface area contributed by atoms with Gasteiger partial charge in [0.1, 0.15) is 40.3 Å². The maximum absolute atomic E-state index is 14.9. The second-order valence-electron chi connectivity index (χ2n) is 17.7. The molecular weight excluding hydrogens is 841 g/mol. The Morgan fingerprint density at radius 1 is 0.985 bits per heavy atom. The summed E-state index contributed by atoms with van der Waals surface area (Å²) < 4.78 is 30.7. The highest BCUT2D eigenvalue weighted by Crippen LogP contribution is 2.51. The maximum atomic E-state index is 14.9. The Hall–Kier alpha value is -6.17. The molecule has 1 saturated heterocycles. The smallest absolute Gasteiger partial charge is 0.302 e. The van der Waals surface area contributed by atoms with Gasteiger partial charge in [0.25, 0.3) is 11.7 Å². The zero-order chi connectivity index (χ0) is 47.2. The van der Waals surface area contributed by atoms with Crippen LogP contribution in [0.2, 0.25) is 0 Å². The van der Waals surface area contributed by atoms with Crippen molar-refractivity contribution in [3.63, 3.8) is 0 Å². The zero-order valence-electron chi connectivity index (χ0n) is 38.0. The first-order valence-electron chi connectivity index (χ1n) is 21.9. The van der Waals surface area contributed by atoms with Crippen molar-refractivity contribution < 1.29 is 58.6 Å². The number of aliphatic hydroxyl groups is 2. The number of hydrogen-bond acceptors (Lipinski definition) is 16. The molecule has 17 nitrogen and oxygen atoms in total. The van der Waals surface area contributed by atoms with Crippen LogP contribution in [0.5, 0.6) is 17.2 Å². The van der Waals surface area contributed by atoms with E-state index >= 15 is 0 Å². The number of nitrogens with one attached hydrogen (secondary N) is 1. The van der Waals surface area contributed by atoms with Crippen LogP contribution in [0.4, 0.5) is 11.4 Å². The molecule has 7 rings (SSSR count). The molecule has 0 unspecified atom stereocenters. The summed E-state index contributed by atoms with van der Waals surface area (Å²) in [5.74, 6) is -6.72. The summed E-state index contributed by atoms with van der Waals surface area (Å²) in [5.41, 5.74) is -0.489. The van der Waals surface area contributed by atoms with Gasteiger partial charge in [0.05, 0.1) is 35.5 Å². The first-order chi connectivity index (χ1) is 30.8. The number of anilines is 2. The van der Waals surface area contributed by atoms with Gasteiger partial charge in [-0.2, -0.15) is 0 Å². The van der Waals surface area contributed by atoms with Gasteiger partial charge in [0.2, 0.25) is 5.43 Å². The van der Waals surface area contributed by atoms with E-state index in [1.807, 2.05) is 0 Å². The third-order valence-electron chi connectivity index (χ3n) is 13.3. The molecule has 5 aliphatic rings. The number of aromatic hydroxyl groups is 2. The highest BCUT2D eigenvalue weighted by atomic mass is 16.7. The number of methoxy groups -OCH3 is 1. The molecule has 2 aromatic carbocycles. The molecule has 4 aliphatic heterocycles. The summed E-state index contributed by atoms with van der Waals surface area (Å²) in [6, 6.07) is 3.29. The largest absolute Gasteiger partial charge is 0.507 e. The molecular formula is C48H58N4O13. The number of allylic oxidation sites excluding steroid dienone is 2. The normalized spacial score (nSPS) is 30.5. The lowest BCUT2D eigenvalue weighted by molar-refractivity contribution is -0.160. The Morgan fingerprint density at radius 3 is 2.35 bits per heavy atom. The van der Waals surface area contributed by atoms with Crippen LogP contribution in [0.1, 0.15) is 78.9 Å². The van der Waals surface area contributed by atoms with Crippen LogP contribution in [0.15, 0.2) is 62.6 Å². The number of nitrogens with zero attached hydrogens (tertiary/aromatic N) is 3. The van der Waals surface area contributed by atoms with Crippen molar-refractivity contribution in [2.75, 3.05) is 30.4 Å². The van der Waals surface area contributed by atoms with Gasteiger partial charge in [-0.15, -0.1) is 0 Å². The van der Waals surface area contributed by atoms with Crippen molar-refractivity contribution in [3.8, 4) is 28.7 Å². The first kappa shape index (κ1) is 46.8. The van der Waals surface area contributed by atoms with Gasteiger partial charge >= 0.3 is 5.97 Å². The van der Waals surface area contributed by atoms with Crippen LogP contribution < -0.4 is 20.4 Å². The van der Waals surface area contributed by atoms with E-state index in [4.69, 9.17) is 28.3 Å². The van der Waals surface area contributed by atoms with E-state index in [1.165, 1.54) is 53.2 Å². The predicted molar refractivity (Wildman–Crippen MR) is 243 cm³/mol. The summed E-state index contributed by atoms with van der Waals surface area (Å²) in [7, 11) is 1.45. The molecule has 6 N–H and O–H groups in total. The van der Waals surface area contributed by atoms with Crippen molar-refractivity contribution in [2.45, 2.75) is 105 Å². The lowest BCUT2D eigenvalue weighted by Crippen LogP contribution is -2.46. The minimum absolute atomic E-state index is 0.0150. The molecule has 2 aromatic rings. The number of aliphatic hydroxyl groups excluding tert-OH is 2. The lowest BCUT2D eigenvalue weighted by Gasteiger charge is -2.38. The molecule has 0 saturated carbocycles.